The van der Waals surface area contributed by atoms with E-state index in [1.54, 1.807) is 11.8 Å². The number of allylic oxidation sites excluding steroid dienone is 3. The maximum Gasteiger partial charge on any atom is -0.0118 e. The number of thioether (sulfide) groups is 1. The van der Waals surface area contributed by atoms with Crippen molar-refractivity contribution in [1.82, 2.24) is 0 Å². The molecule has 0 aromatic carbocycles. The van der Waals surface area contributed by atoms with E-state index in [4.69, 9.17) is 0 Å². The fourth-order valence-electron chi connectivity index (χ4n) is 0.874. The average molecular weight is 184 g/mol. The van der Waals surface area contributed by atoms with Gasteiger partial charge in [0.2, 0.25) is 0 Å². The molecule has 0 fully saturated rings. The van der Waals surface area contributed by atoms with Gasteiger partial charge in [0.05, 0.1) is 0 Å². The summed E-state index contributed by atoms with van der Waals surface area (Å²) in [6, 6.07) is 0. The summed E-state index contributed by atoms with van der Waals surface area (Å²) in [5, 5.41) is 0. The minimum atomic E-state index is 0.620. The largest absolute Gasteiger partial charge is 0.1000 e. The molecule has 0 aliphatic rings. The van der Waals surface area contributed by atoms with Crippen LogP contribution in [-0.4, -0.2) is 0 Å². The summed E-state index contributed by atoms with van der Waals surface area (Å²) in [7, 11) is 0. The van der Waals surface area contributed by atoms with Gasteiger partial charge in [-0.25, -0.2) is 0 Å². The summed E-state index contributed by atoms with van der Waals surface area (Å²) in [6.07, 6.45) is 2.32. The van der Waals surface area contributed by atoms with E-state index >= 15 is 0 Å². The molecule has 0 aliphatic carbocycles. The summed E-state index contributed by atoms with van der Waals surface area (Å²) in [4.78, 5) is 2.62. The van der Waals surface area contributed by atoms with Crippen LogP contribution >= 0.6 is 11.8 Å². The predicted octanol–water partition coefficient (Wildman–Crippen LogP) is 4.45. The van der Waals surface area contributed by atoms with E-state index in [1.165, 1.54) is 9.81 Å². The fraction of sp³-hybridized carbons (Fsp3) is 0.636. The highest BCUT2D eigenvalue weighted by molar-refractivity contribution is 8.06. The Bertz CT molecular complexity index is 175. The second-order valence-electron chi connectivity index (χ2n) is 3.77. The Labute approximate surface area is 81.1 Å². The van der Waals surface area contributed by atoms with E-state index in [0.717, 1.165) is 0 Å². The first-order chi connectivity index (χ1) is 5.43. The third kappa shape index (κ3) is 5.48. The molecule has 0 aliphatic heterocycles. The van der Waals surface area contributed by atoms with E-state index in [1.807, 2.05) is 0 Å². The van der Waals surface area contributed by atoms with E-state index in [-0.39, 0.29) is 0 Å². The Morgan fingerprint density at radius 3 is 2.00 bits per heavy atom. The molecule has 0 rings (SSSR count). The van der Waals surface area contributed by atoms with Gasteiger partial charge in [-0.2, -0.15) is 0 Å². The van der Waals surface area contributed by atoms with E-state index in [2.05, 4.69) is 47.3 Å². The van der Waals surface area contributed by atoms with Crippen LogP contribution in [0.4, 0.5) is 0 Å². The Morgan fingerprint density at radius 1 is 1.25 bits per heavy atom. The van der Waals surface area contributed by atoms with Crippen molar-refractivity contribution in [2.75, 3.05) is 0 Å². The van der Waals surface area contributed by atoms with Gasteiger partial charge < -0.3 is 0 Å². The van der Waals surface area contributed by atoms with Crippen molar-refractivity contribution in [3.05, 3.63) is 22.5 Å². The van der Waals surface area contributed by atoms with Crippen molar-refractivity contribution in [1.29, 1.82) is 0 Å². The summed E-state index contributed by atoms with van der Waals surface area (Å²) in [5.74, 6) is 1.25. The highest BCUT2D eigenvalue weighted by Crippen LogP contribution is 2.30. The molecule has 0 radical (unpaired) electrons. The molecule has 0 heterocycles. The van der Waals surface area contributed by atoms with Crippen LogP contribution in [0.2, 0.25) is 0 Å². The van der Waals surface area contributed by atoms with Crippen molar-refractivity contribution in [3.63, 3.8) is 0 Å². The molecule has 0 spiro atoms. The molecule has 1 heteroatoms. The van der Waals surface area contributed by atoms with Gasteiger partial charge in [0, 0.05) is 0 Å². The molecular weight excluding hydrogens is 164 g/mol. The van der Waals surface area contributed by atoms with Crippen molar-refractivity contribution >= 4 is 11.8 Å². The third-order valence-electron chi connectivity index (χ3n) is 1.36. The second kappa shape index (κ2) is 5.47. The molecule has 0 atom stereocenters. The van der Waals surface area contributed by atoms with Crippen molar-refractivity contribution in [2.24, 2.45) is 11.8 Å². The lowest BCUT2D eigenvalue weighted by atomic mass is 10.1. The van der Waals surface area contributed by atoms with Gasteiger partial charge in [-0.1, -0.05) is 52.1 Å². The quantitative estimate of drug-likeness (QED) is 0.622. The molecule has 0 unspecified atom stereocenters. The van der Waals surface area contributed by atoms with Gasteiger partial charge in [0.15, 0.2) is 0 Å². The van der Waals surface area contributed by atoms with Gasteiger partial charge >= 0.3 is 0 Å². The lowest BCUT2D eigenvalue weighted by Gasteiger charge is -2.11. The zero-order valence-corrected chi connectivity index (χ0v) is 9.66. The lowest BCUT2D eigenvalue weighted by Crippen LogP contribution is -1.92. The Balaban J connectivity index is 4.33. The van der Waals surface area contributed by atoms with Crippen molar-refractivity contribution < 1.29 is 0 Å². The highest BCUT2D eigenvalue weighted by atomic mass is 32.2. The smallest absolute Gasteiger partial charge is 0.0118 e. The van der Waals surface area contributed by atoms with Gasteiger partial charge in [-0.3, -0.25) is 0 Å². The molecule has 0 nitrogen and oxygen atoms in total. The van der Waals surface area contributed by atoms with Gasteiger partial charge in [-0.05, 0) is 28.6 Å². The summed E-state index contributed by atoms with van der Waals surface area (Å²) in [6.45, 7) is 14.8. The molecule has 0 bridgehead atoms. The Kier molecular flexibility index (Phi) is 5.39. The molecule has 70 valence electrons. The van der Waals surface area contributed by atoms with E-state index < -0.39 is 0 Å². The summed E-state index contributed by atoms with van der Waals surface area (Å²) >= 11 is 1.80. The first-order valence-corrected chi connectivity index (χ1v) is 5.30. The van der Waals surface area contributed by atoms with Crippen LogP contribution in [0, 0.1) is 11.8 Å². The zero-order valence-electron chi connectivity index (χ0n) is 8.85. The number of hydrogen-bond acceptors (Lipinski definition) is 1. The van der Waals surface area contributed by atoms with E-state index in [9.17, 15) is 0 Å². The molecule has 0 saturated carbocycles. The molecule has 0 N–H and O–H groups in total. The molecule has 12 heavy (non-hydrogen) atoms. The fourth-order valence-corrected chi connectivity index (χ4v) is 1.85. The van der Waals surface area contributed by atoms with Crippen LogP contribution in [0.15, 0.2) is 22.5 Å². The van der Waals surface area contributed by atoms with Gasteiger partial charge in [-0.15, -0.1) is 0 Å². The zero-order chi connectivity index (χ0) is 9.72. The van der Waals surface area contributed by atoms with Crippen LogP contribution in [0.1, 0.15) is 34.6 Å². The van der Waals surface area contributed by atoms with Crippen LogP contribution in [0.5, 0.6) is 0 Å². The number of rotatable bonds is 4. The topological polar surface area (TPSA) is 0 Å². The average Bonchev–Trinajstić information content (AvgIpc) is 1.83. The Hall–Kier alpha value is -0.170. The highest BCUT2D eigenvalue weighted by Gasteiger charge is 2.04. The first kappa shape index (κ1) is 11.8. The lowest BCUT2D eigenvalue weighted by molar-refractivity contribution is 0.769. The molecule has 0 aromatic rings. The maximum atomic E-state index is 3.91. The number of hydrogen-bond donors (Lipinski definition) is 0. The van der Waals surface area contributed by atoms with Crippen molar-refractivity contribution in [2.45, 2.75) is 34.6 Å². The third-order valence-corrected chi connectivity index (χ3v) is 2.55. The first-order valence-electron chi connectivity index (χ1n) is 4.48. The molecular formula is C11H20S. The van der Waals surface area contributed by atoms with Crippen LogP contribution in [0.3, 0.4) is 0 Å². The normalized spacial score (nSPS) is 12.8. The SMILES string of the molecule is C=C(C)SC(=CC(C)C)C(C)C. The van der Waals surface area contributed by atoms with E-state index in [0.29, 0.717) is 11.8 Å². The van der Waals surface area contributed by atoms with Gasteiger partial charge in [0.25, 0.3) is 0 Å². The maximum absolute atomic E-state index is 3.91. The van der Waals surface area contributed by atoms with Crippen molar-refractivity contribution in [3.8, 4) is 0 Å². The molecule has 0 aromatic heterocycles. The van der Waals surface area contributed by atoms with Crippen LogP contribution in [0.25, 0.3) is 0 Å². The Morgan fingerprint density at radius 2 is 1.75 bits per heavy atom. The predicted molar refractivity (Wildman–Crippen MR) is 60.2 cm³/mol. The summed E-state index contributed by atoms with van der Waals surface area (Å²) < 4.78 is 0. The summed E-state index contributed by atoms with van der Waals surface area (Å²) in [5.41, 5.74) is 0. The monoisotopic (exact) mass is 184 g/mol. The molecule has 0 amide bonds. The minimum Gasteiger partial charge on any atom is -0.1000 e. The van der Waals surface area contributed by atoms with Gasteiger partial charge in [0.1, 0.15) is 0 Å². The van der Waals surface area contributed by atoms with Crippen LogP contribution in [-0.2, 0) is 0 Å². The minimum absolute atomic E-state index is 0.620. The molecule has 0 saturated heterocycles. The second-order valence-corrected chi connectivity index (χ2v) is 5.14. The van der Waals surface area contributed by atoms with Crippen LogP contribution < -0.4 is 0 Å². The standard InChI is InChI=1S/C11H20S/c1-8(2)7-11(9(3)4)12-10(5)6/h7-9H,5H2,1-4,6H3.